The second-order valence-electron chi connectivity index (χ2n) is 6.38. The number of aliphatic imine (C=N–C) groups is 1. The predicted molar refractivity (Wildman–Crippen MR) is 107 cm³/mol. The lowest BCUT2D eigenvalue weighted by Gasteiger charge is -2.12. The summed E-state index contributed by atoms with van der Waals surface area (Å²) in [5.41, 5.74) is 6.14. The van der Waals surface area contributed by atoms with Crippen LogP contribution in [0.3, 0.4) is 0 Å². The van der Waals surface area contributed by atoms with Crippen LogP contribution in [-0.2, 0) is 11.3 Å². The molecule has 0 atom stereocenters. The molecule has 1 aromatic carbocycles. The molecule has 6 heteroatoms. The standard InChI is InChI=1S/C20H34N4O2/c1-3-4-5-6-7-8-9-13-23-20(22-2)24-15-17-11-10-12-18(14-17)26-16-19(21)25/h10-12,14H,3-9,13,15-16H2,1-2H3,(H2,21,25)(H2,22,23,24). The second-order valence-corrected chi connectivity index (χ2v) is 6.38. The number of primary amides is 1. The highest BCUT2D eigenvalue weighted by Crippen LogP contribution is 2.13. The van der Waals surface area contributed by atoms with Crippen molar-refractivity contribution < 1.29 is 9.53 Å². The summed E-state index contributed by atoms with van der Waals surface area (Å²) < 4.78 is 5.32. The number of guanidine groups is 1. The summed E-state index contributed by atoms with van der Waals surface area (Å²) in [6, 6.07) is 7.58. The van der Waals surface area contributed by atoms with Crippen molar-refractivity contribution in [3.8, 4) is 5.75 Å². The lowest BCUT2D eigenvalue weighted by molar-refractivity contribution is -0.119. The average Bonchev–Trinajstić information content (AvgIpc) is 2.65. The molecule has 1 amide bonds. The molecule has 6 nitrogen and oxygen atoms in total. The van der Waals surface area contributed by atoms with E-state index in [1.165, 1.54) is 38.5 Å². The number of hydrogen-bond donors (Lipinski definition) is 3. The molecule has 0 fully saturated rings. The van der Waals surface area contributed by atoms with Crippen molar-refractivity contribution >= 4 is 11.9 Å². The molecule has 0 radical (unpaired) electrons. The molecule has 0 saturated carbocycles. The van der Waals surface area contributed by atoms with Gasteiger partial charge in [-0.05, 0) is 24.1 Å². The van der Waals surface area contributed by atoms with E-state index in [-0.39, 0.29) is 6.61 Å². The molecule has 0 spiro atoms. The van der Waals surface area contributed by atoms with E-state index in [4.69, 9.17) is 10.5 Å². The van der Waals surface area contributed by atoms with Gasteiger partial charge in [0.15, 0.2) is 12.6 Å². The molecule has 0 unspecified atom stereocenters. The normalized spacial score (nSPS) is 11.2. The fourth-order valence-electron chi connectivity index (χ4n) is 2.59. The Balaban J connectivity index is 2.23. The summed E-state index contributed by atoms with van der Waals surface area (Å²) in [7, 11) is 1.77. The molecule has 1 rings (SSSR count). The summed E-state index contributed by atoms with van der Waals surface area (Å²) in [5.74, 6) is 0.942. The molecule has 0 saturated heterocycles. The maximum absolute atomic E-state index is 10.8. The number of nitrogens with one attached hydrogen (secondary N) is 2. The van der Waals surface area contributed by atoms with Crippen LogP contribution < -0.4 is 21.1 Å². The molecule has 1 aromatic rings. The van der Waals surface area contributed by atoms with Crippen LogP contribution in [0.25, 0.3) is 0 Å². The number of ether oxygens (including phenoxy) is 1. The first-order valence-electron chi connectivity index (χ1n) is 9.60. The number of nitrogens with two attached hydrogens (primary N) is 1. The van der Waals surface area contributed by atoms with Crippen LogP contribution >= 0.6 is 0 Å². The van der Waals surface area contributed by atoms with Crippen molar-refractivity contribution in [2.45, 2.75) is 58.4 Å². The number of carbonyl (C=O) groups is 1. The third-order valence-electron chi connectivity index (χ3n) is 4.04. The molecular weight excluding hydrogens is 328 g/mol. The Morgan fingerprint density at radius 1 is 1.12 bits per heavy atom. The minimum Gasteiger partial charge on any atom is -0.484 e. The van der Waals surface area contributed by atoms with Gasteiger partial charge in [-0.15, -0.1) is 0 Å². The third-order valence-corrected chi connectivity index (χ3v) is 4.04. The van der Waals surface area contributed by atoms with Crippen molar-refractivity contribution in [3.63, 3.8) is 0 Å². The van der Waals surface area contributed by atoms with Crippen LogP contribution in [0.5, 0.6) is 5.75 Å². The zero-order chi connectivity index (χ0) is 19.0. The summed E-state index contributed by atoms with van der Waals surface area (Å²) in [5, 5.41) is 6.63. The maximum Gasteiger partial charge on any atom is 0.255 e. The van der Waals surface area contributed by atoms with Crippen LogP contribution in [0.15, 0.2) is 29.3 Å². The van der Waals surface area contributed by atoms with E-state index >= 15 is 0 Å². The van der Waals surface area contributed by atoms with Crippen molar-refractivity contribution in [3.05, 3.63) is 29.8 Å². The Kier molecular flexibility index (Phi) is 11.7. The van der Waals surface area contributed by atoms with Gasteiger partial charge in [-0.25, -0.2) is 0 Å². The quantitative estimate of drug-likeness (QED) is 0.286. The van der Waals surface area contributed by atoms with E-state index in [2.05, 4.69) is 22.5 Å². The molecule has 0 heterocycles. The minimum absolute atomic E-state index is 0.113. The monoisotopic (exact) mass is 362 g/mol. The van der Waals surface area contributed by atoms with Gasteiger partial charge >= 0.3 is 0 Å². The average molecular weight is 363 g/mol. The van der Waals surface area contributed by atoms with Crippen LogP contribution in [-0.4, -0.2) is 32.1 Å². The highest BCUT2D eigenvalue weighted by molar-refractivity contribution is 5.79. The Labute approximate surface area is 157 Å². The van der Waals surface area contributed by atoms with E-state index in [0.29, 0.717) is 12.3 Å². The number of hydrogen-bond acceptors (Lipinski definition) is 3. The van der Waals surface area contributed by atoms with Crippen molar-refractivity contribution in [2.24, 2.45) is 10.7 Å². The van der Waals surface area contributed by atoms with Gasteiger partial charge in [0.1, 0.15) is 5.75 Å². The minimum atomic E-state index is -0.483. The van der Waals surface area contributed by atoms with Gasteiger partial charge < -0.3 is 21.1 Å². The van der Waals surface area contributed by atoms with Gasteiger partial charge in [0.25, 0.3) is 5.91 Å². The molecule has 0 aromatic heterocycles. The number of unbranched alkanes of at least 4 members (excludes halogenated alkanes) is 6. The largest absolute Gasteiger partial charge is 0.484 e. The molecule has 26 heavy (non-hydrogen) atoms. The number of benzene rings is 1. The smallest absolute Gasteiger partial charge is 0.255 e. The molecule has 0 aliphatic rings. The number of carbonyl (C=O) groups excluding carboxylic acids is 1. The van der Waals surface area contributed by atoms with Crippen molar-refractivity contribution in [2.75, 3.05) is 20.2 Å². The Hall–Kier alpha value is -2.24. The van der Waals surface area contributed by atoms with E-state index in [9.17, 15) is 4.79 Å². The van der Waals surface area contributed by atoms with Gasteiger partial charge in [-0.3, -0.25) is 9.79 Å². The van der Waals surface area contributed by atoms with Crippen molar-refractivity contribution in [1.82, 2.24) is 10.6 Å². The second kappa shape index (κ2) is 14.0. The van der Waals surface area contributed by atoms with E-state index in [0.717, 1.165) is 24.5 Å². The molecule has 0 aliphatic carbocycles. The van der Waals surface area contributed by atoms with E-state index < -0.39 is 5.91 Å². The number of rotatable bonds is 13. The Bertz CT molecular complexity index is 546. The zero-order valence-corrected chi connectivity index (χ0v) is 16.2. The van der Waals surface area contributed by atoms with Gasteiger partial charge in [-0.2, -0.15) is 0 Å². The Morgan fingerprint density at radius 3 is 2.54 bits per heavy atom. The first-order chi connectivity index (χ1) is 12.7. The number of amides is 1. The SMILES string of the molecule is CCCCCCCCCNC(=NC)NCc1cccc(OCC(N)=O)c1. The van der Waals surface area contributed by atoms with Crippen molar-refractivity contribution in [1.29, 1.82) is 0 Å². The summed E-state index contributed by atoms with van der Waals surface area (Å²) in [6.45, 7) is 3.69. The summed E-state index contributed by atoms with van der Waals surface area (Å²) >= 11 is 0. The fourth-order valence-corrected chi connectivity index (χ4v) is 2.59. The molecule has 0 bridgehead atoms. The molecule has 146 valence electrons. The molecular formula is C20H34N4O2. The lowest BCUT2D eigenvalue weighted by Crippen LogP contribution is -2.37. The highest BCUT2D eigenvalue weighted by atomic mass is 16.5. The summed E-state index contributed by atoms with van der Waals surface area (Å²) in [4.78, 5) is 15.0. The van der Waals surface area contributed by atoms with Crippen LogP contribution in [0.4, 0.5) is 0 Å². The predicted octanol–water partition coefficient (Wildman–Crippen LogP) is 2.97. The first-order valence-corrected chi connectivity index (χ1v) is 9.60. The highest BCUT2D eigenvalue weighted by Gasteiger charge is 2.01. The summed E-state index contributed by atoms with van der Waals surface area (Å²) in [6.07, 6.45) is 9.07. The fraction of sp³-hybridized carbons (Fsp3) is 0.600. The van der Waals surface area contributed by atoms with E-state index in [1.807, 2.05) is 18.2 Å². The topological polar surface area (TPSA) is 88.7 Å². The molecule has 0 aliphatic heterocycles. The van der Waals surface area contributed by atoms with Crippen LogP contribution in [0.1, 0.15) is 57.4 Å². The van der Waals surface area contributed by atoms with Gasteiger partial charge in [0.2, 0.25) is 0 Å². The van der Waals surface area contributed by atoms with Gasteiger partial charge in [0, 0.05) is 20.1 Å². The third kappa shape index (κ3) is 10.6. The molecule has 4 N–H and O–H groups in total. The van der Waals surface area contributed by atoms with Gasteiger partial charge in [0.05, 0.1) is 0 Å². The maximum atomic E-state index is 10.8. The lowest BCUT2D eigenvalue weighted by atomic mass is 10.1. The van der Waals surface area contributed by atoms with Crippen LogP contribution in [0, 0.1) is 0 Å². The van der Waals surface area contributed by atoms with Gasteiger partial charge in [-0.1, -0.05) is 57.6 Å². The zero-order valence-electron chi connectivity index (χ0n) is 16.2. The van der Waals surface area contributed by atoms with E-state index in [1.54, 1.807) is 13.1 Å². The first kappa shape index (κ1) is 21.8. The van der Waals surface area contributed by atoms with Crippen LogP contribution in [0.2, 0.25) is 0 Å². The Morgan fingerprint density at radius 2 is 1.85 bits per heavy atom. The number of nitrogens with zero attached hydrogens (tertiary/aromatic N) is 1.